The summed E-state index contributed by atoms with van der Waals surface area (Å²) < 4.78 is 0. The second-order valence-corrected chi connectivity index (χ2v) is 7.78. The molecule has 1 aliphatic carbocycles. The predicted molar refractivity (Wildman–Crippen MR) is 116 cm³/mol. The van der Waals surface area contributed by atoms with Crippen molar-refractivity contribution in [3.8, 4) is 0 Å². The van der Waals surface area contributed by atoms with Crippen LogP contribution in [0.3, 0.4) is 0 Å². The molecular formula is C23H25N5O3. The fourth-order valence-electron chi connectivity index (χ4n) is 3.93. The largest absolute Gasteiger partial charge is 0.344 e. The molecule has 1 aromatic heterocycles. The van der Waals surface area contributed by atoms with E-state index in [1.54, 1.807) is 6.92 Å². The molecule has 8 nitrogen and oxygen atoms in total. The standard InChI is InChI=1S/C23H25N5O3/c1-14(24-20(29)13-16-9-6-8-15-7-2-3-10-17(15)16)22(30)27-28-23(31)21-18-11-4-5-12-19(18)25-26-21/h2-3,6-10,14H,4-5,11-13H2,1H3,(H,24,29)(H,25,26)(H,27,30)(H,28,31). The van der Waals surface area contributed by atoms with Crippen LogP contribution in [0.2, 0.25) is 0 Å². The van der Waals surface area contributed by atoms with Crippen molar-refractivity contribution in [3.05, 3.63) is 65.0 Å². The SMILES string of the molecule is CC(NC(=O)Cc1cccc2ccccc12)C(=O)NNC(=O)c1n[nH]c2c1CCCC2. The third-order valence-corrected chi connectivity index (χ3v) is 5.57. The number of amides is 3. The average Bonchev–Trinajstić information content (AvgIpc) is 3.21. The Balaban J connectivity index is 1.30. The molecule has 3 amide bonds. The van der Waals surface area contributed by atoms with Gasteiger partial charge in [-0.25, -0.2) is 0 Å². The Labute approximate surface area is 179 Å². The van der Waals surface area contributed by atoms with Crippen LogP contribution in [0.5, 0.6) is 0 Å². The first-order valence-corrected chi connectivity index (χ1v) is 10.4. The molecule has 0 spiro atoms. The number of aromatic nitrogens is 2. The van der Waals surface area contributed by atoms with Gasteiger partial charge < -0.3 is 5.32 Å². The summed E-state index contributed by atoms with van der Waals surface area (Å²) in [5.41, 5.74) is 7.85. The molecule has 2 aromatic carbocycles. The molecule has 1 atom stereocenters. The van der Waals surface area contributed by atoms with Crippen molar-refractivity contribution in [1.29, 1.82) is 0 Å². The number of hydrogen-bond acceptors (Lipinski definition) is 4. The number of hydrogen-bond donors (Lipinski definition) is 4. The maximum Gasteiger partial charge on any atom is 0.290 e. The van der Waals surface area contributed by atoms with Gasteiger partial charge in [-0.1, -0.05) is 42.5 Å². The summed E-state index contributed by atoms with van der Waals surface area (Å²) >= 11 is 0. The van der Waals surface area contributed by atoms with Gasteiger partial charge in [0.2, 0.25) is 5.91 Å². The second kappa shape index (κ2) is 8.99. The smallest absolute Gasteiger partial charge is 0.290 e. The molecule has 0 saturated heterocycles. The minimum atomic E-state index is -0.809. The van der Waals surface area contributed by atoms with Gasteiger partial charge in [0.25, 0.3) is 11.8 Å². The summed E-state index contributed by atoms with van der Waals surface area (Å²) in [6.45, 7) is 1.57. The Bertz CT molecular complexity index is 1130. The lowest BCUT2D eigenvalue weighted by atomic mass is 9.96. The highest BCUT2D eigenvalue weighted by Gasteiger charge is 2.23. The van der Waals surface area contributed by atoms with Gasteiger partial charge in [-0.05, 0) is 48.9 Å². The van der Waals surface area contributed by atoms with Gasteiger partial charge in [0, 0.05) is 11.3 Å². The van der Waals surface area contributed by atoms with Gasteiger partial charge in [0.05, 0.1) is 6.42 Å². The number of rotatable bonds is 5. The van der Waals surface area contributed by atoms with Crippen molar-refractivity contribution < 1.29 is 14.4 Å². The maximum absolute atomic E-state index is 12.5. The van der Waals surface area contributed by atoms with Gasteiger partial charge in [-0.2, -0.15) is 5.10 Å². The zero-order valence-corrected chi connectivity index (χ0v) is 17.3. The molecule has 0 fully saturated rings. The van der Waals surface area contributed by atoms with E-state index in [-0.39, 0.29) is 12.3 Å². The van der Waals surface area contributed by atoms with Crippen LogP contribution in [0.4, 0.5) is 0 Å². The molecule has 0 radical (unpaired) electrons. The van der Waals surface area contributed by atoms with Crippen molar-refractivity contribution in [2.24, 2.45) is 0 Å². The lowest BCUT2D eigenvalue weighted by molar-refractivity contribution is -0.128. The number of nitrogens with zero attached hydrogens (tertiary/aromatic N) is 1. The van der Waals surface area contributed by atoms with Crippen molar-refractivity contribution in [2.75, 3.05) is 0 Å². The number of benzene rings is 2. The lowest BCUT2D eigenvalue weighted by Crippen LogP contribution is -2.51. The number of carbonyl (C=O) groups is 3. The van der Waals surface area contributed by atoms with E-state index in [2.05, 4.69) is 26.4 Å². The Morgan fingerprint density at radius 3 is 2.68 bits per heavy atom. The van der Waals surface area contributed by atoms with Crippen LogP contribution in [0.15, 0.2) is 42.5 Å². The Hall–Kier alpha value is -3.68. The average molecular weight is 419 g/mol. The fraction of sp³-hybridized carbons (Fsp3) is 0.304. The van der Waals surface area contributed by atoms with Crippen LogP contribution in [0.25, 0.3) is 10.8 Å². The van der Waals surface area contributed by atoms with Gasteiger partial charge in [-0.15, -0.1) is 0 Å². The summed E-state index contributed by atoms with van der Waals surface area (Å²) in [4.78, 5) is 37.2. The minimum Gasteiger partial charge on any atom is -0.344 e. The third kappa shape index (κ3) is 4.58. The van der Waals surface area contributed by atoms with Crippen molar-refractivity contribution >= 4 is 28.5 Å². The predicted octanol–water partition coefficient (Wildman–Crippen LogP) is 1.95. The zero-order valence-electron chi connectivity index (χ0n) is 17.3. The molecule has 0 bridgehead atoms. The molecule has 1 heterocycles. The molecule has 4 N–H and O–H groups in total. The number of carbonyl (C=O) groups excluding carboxylic acids is 3. The highest BCUT2D eigenvalue weighted by Crippen LogP contribution is 2.22. The van der Waals surface area contributed by atoms with E-state index >= 15 is 0 Å². The zero-order chi connectivity index (χ0) is 21.8. The summed E-state index contributed by atoms with van der Waals surface area (Å²) in [6, 6.07) is 12.8. The topological polar surface area (TPSA) is 116 Å². The number of aromatic amines is 1. The second-order valence-electron chi connectivity index (χ2n) is 7.78. The Morgan fingerprint density at radius 1 is 1.03 bits per heavy atom. The highest BCUT2D eigenvalue weighted by molar-refractivity contribution is 5.96. The van der Waals surface area contributed by atoms with Crippen LogP contribution in [0, 0.1) is 0 Å². The number of nitrogens with one attached hydrogen (secondary N) is 4. The summed E-state index contributed by atoms with van der Waals surface area (Å²) in [5.74, 6) is -1.25. The van der Waals surface area contributed by atoms with E-state index in [1.807, 2.05) is 42.5 Å². The van der Waals surface area contributed by atoms with Gasteiger partial charge in [-0.3, -0.25) is 30.3 Å². The van der Waals surface area contributed by atoms with Crippen molar-refractivity contribution in [3.63, 3.8) is 0 Å². The number of fused-ring (bicyclic) bond motifs is 2. The van der Waals surface area contributed by atoms with Crippen molar-refractivity contribution in [1.82, 2.24) is 26.4 Å². The molecule has 3 aromatic rings. The van der Waals surface area contributed by atoms with E-state index in [0.29, 0.717) is 5.69 Å². The molecule has 0 saturated carbocycles. The third-order valence-electron chi connectivity index (χ3n) is 5.57. The molecule has 1 aliphatic rings. The molecular weight excluding hydrogens is 394 g/mol. The van der Waals surface area contributed by atoms with E-state index in [9.17, 15) is 14.4 Å². The van der Waals surface area contributed by atoms with Crippen LogP contribution < -0.4 is 16.2 Å². The first-order valence-electron chi connectivity index (χ1n) is 10.4. The molecule has 8 heteroatoms. The van der Waals surface area contributed by atoms with Gasteiger partial charge in [0.15, 0.2) is 5.69 Å². The van der Waals surface area contributed by atoms with Crippen LogP contribution in [-0.2, 0) is 28.9 Å². The highest BCUT2D eigenvalue weighted by atomic mass is 16.2. The molecule has 160 valence electrons. The number of H-pyrrole nitrogens is 1. The first kappa shape index (κ1) is 20.6. The maximum atomic E-state index is 12.5. The summed E-state index contributed by atoms with van der Waals surface area (Å²) in [7, 11) is 0. The van der Waals surface area contributed by atoms with E-state index in [0.717, 1.165) is 53.3 Å². The van der Waals surface area contributed by atoms with Crippen LogP contribution in [0.1, 0.15) is 47.1 Å². The summed E-state index contributed by atoms with van der Waals surface area (Å²) in [6.07, 6.45) is 3.91. The van der Waals surface area contributed by atoms with Gasteiger partial charge >= 0.3 is 0 Å². The monoisotopic (exact) mass is 419 g/mol. The number of aryl methyl sites for hydroxylation is 1. The van der Waals surface area contributed by atoms with Crippen LogP contribution in [-0.4, -0.2) is 34.0 Å². The van der Waals surface area contributed by atoms with Crippen molar-refractivity contribution in [2.45, 2.75) is 45.1 Å². The van der Waals surface area contributed by atoms with E-state index < -0.39 is 17.9 Å². The Kier molecular flexibility index (Phi) is 5.97. The molecule has 1 unspecified atom stereocenters. The normalized spacial score (nSPS) is 13.8. The first-order chi connectivity index (χ1) is 15.0. The minimum absolute atomic E-state index is 0.157. The van der Waals surface area contributed by atoms with E-state index in [4.69, 9.17) is 0 Å². The van der Waals surface area contributed by atoms with Crippen LogP contribution >= 0.6 is 0 Å². The van der Waals surface area contributed by atoms with Gasteiger partial charge in [0.1, 0.15) is 6.04 Å². The molecule has 4 rings (SSSR count). The lowest BCUT2D eigenvalue weighted by Gasteiger charge is -2.15. The summed E-state index contributed by atoms with van der Waals surface area (Å²) in [5, 5.41) is 11.7. The fourth-order valence-corrected chi connectivity index (χ4v) is 3.93. The number of hydrazine groups is 1. The molecule has 31 heavy (non-hydrogen) atoms. The molecule has 0 aliphatic heterocycles. The quantitative estimate of drug-likeness (QED) is 0.473. The van der Waals surface area contributed by atoms with E-state index in [1.165, 1.54) is 0 Å². The Morgan fingerprint density at radius 2 is 1.81 bits per heavy atom.